The molecule has 1 unspecified atom stereocenters. The van der Waals surface area contributed by atoms with E-state index in [4.69, 9.17) is 4.98 Å². The fraction of sp³-hybridized carbons (Fsp3) is 0.522. The number of carbonyl (C=O) groups is 1. The summed E-state index contributed by atoms with van der Waals surface area (Å²) in [6.45, 7) is 2.44. The van der Waals surface area contributed by atoms with E-state index >= 15 is 0 Å². The van der Waals surface area contributed by atoms with Crippen LogP contribution in [0.5, 0.6) is 0 Å². The molecule has 1 aliphatic carbocycles. The Kier molecular flexibility index (Phi) is 4.85. The molecule has 0 radical (unpaired) electrons. The lowest BCUT2D eigenvalue weighted by molar-refractivity contribution is -0.131. The molecule has 0 spiro atoms. The average molecular weight is 377 g/mol. The molecule has 1 N–H and O–H groups in total. The first-order chi connectivity index (χ1) is 13.8. The van der Waals surface area contributed by atoms with Crippen LogP contribution in [0, 0.1) is 0 Å². The van der Waals surface area contributed by atoms with E-state index in [1.807, 2.05) is 11.1 Å². The molecule has 1 aromatic heterocycles. The Balaban J connectivity index is 1.26. The SMILES string of the molecule is O=C(Cc1ccc2c(c1)CCCC2)N1CCc2nc(C3CCCN3)ncc2C1. The van der Waals surface area contributed by atoms with Crippen molar-refractivity contribution in [2.45, 2.75) is 64.0 Å². The van der Waals surface area contributed by atoms with Crippen molar-refractivity contribution < 1.29 is 4.79 Å². The second-order valence-corrected chi connectivity index (χ2v) is 8.40. The lowest BCUT2D eigenvalue weighted by atomic mass is 9.90. The molecule has 1 atom stereocenters. The summed E-state index contributed by atoms with van der Waals surface area (Å²) < 4.78 is 0. The minimum absolute atomic E-state index is 0.211. The van der Waals surface area contributed by atoms with Crippen LogP contribution in [0.25, 0.3) is 0 Å². The van der Waals surface area contributed by atoms with E-state index < -0.39 is 0 Å². The average Bonchev–Trinajstić information content (AvgIpc) is 3.28. The molecule has 1 fully saturated rings. The van der Waals surface area contributed by atoms with E-state index in [-0.39, 0.29) is 5.91 Å². The smallest absolute Gasteiger partial charge is 0.227 e. The fourth-order valence-electron chi connectivity index (χ4n) is 4.80. The molecule has 2 aromatic rings. The molecule has 5 rings (SSSR count). The summed E-state index contributed by atoms with van der Waals surface area (Å²) in [5.41, 5.74) is 6.29. The highest BCUT2D eigenvalue weighted by Crippen LogP contribution is 2.25. The number of aryl methyl sites for hydroxylation is 2. The molecule has 3 aliphatic rings. The normalized spacial score (nSPS) is 21.3. The van der Waals surface area contributed by atoms with E-state index in [1.165, 1.54) is 36.8 Å². The van der Waals surface area contributed by atoms with Crippen LogP contribution in [0.1, 0.15) is 65.5 Å². The van der Waals surface area contributed by atoms with Gasteiger partial charge in [0.15, 0.2) is 0 Å². The highest BCUT2D eigenvalue weighted by atomic mass is 16.2. The predicted molar refractivity (Wildman–Crippen MR) is 108 cm³/mol. The van der Waals surface area contributed by atoms with E-state index in [2.05, 4.69) is 28.5 Å². The molecule has 146 valence electrons. The highest BCUT2D eigenvalue weighted by Gasteiger charge is 2.25. The van der Waals surface area contributed by atoms with Crippen LogP contribution in [-0.2, 0) is 37.0 Å². The Hall–Kier alpha value is -2.27. The number of hydrogen-bond acceptors (Lipinski definition) is 4. The van der Waals surface area contributed by atoms with E-state index in [1.54, 1.807) is 0 Å². The number of amides is 1. The van der Waals surface area contributed by atoms with Gasteiger partial charge >= 0.3 is 0 Å². The van der Waals surface area contributed by atoms with Crippen LogP contribution >= 0.6 is 0 Å². The third-order valence-electron chi connectivity index (χ3n) is 6.45. The maximum atomic E-state index is 12.9. The predicted octanol–water partition coefficient (Wildman–Crippen LogP) is 2.91. The molecule has 1 amide bonds. The van der Waals surface area contributed by atoms with Crippen molar-refractivity contribution in [1.82, 2.24) is 20.2 Å². The van der Waals surface area contributed by atoms with Gasteiger partial charge in [-0.05, 0) is 61.8 Å². The number of fused-ring (bicyclic) bond motifs is 2. The van der Waals surface area contributed by atoms with E-state index in [0.29, 0.717) is 19.0 Å². The Morgan fingerprint density at radius 2 is 2.00 bits per heavy atom. The lowest BCUT2D eigenvalue weighted by Gasteiger charge is -2.29. The van der Waals surface area contributed by atoms with Crippen molar-refractivity contribution in [2.75, 3.05) is 13.1 Å². The number of benzene rings is 1. The molecule has 3 heterocycles. The largest absolute Gasteiger partial charge is 0.338 e. The van der Waals surface area contributed by atoms with Crippen LogP contribution in [0.15, 0.2) is 24.4 Å². The Labute approximate surface area is 166 Å². The summed E-state index contributed by atoms with van der Waals surface area (Å²) in [6, 6.07) is 6.93. The van der Waals surface area contributed by atoms with Crippen molar-refractivity contribution in [2.24, 2.45) is 0 Å². The van der Waals surface area contributed by atoms with Gasteiger partial charge in [-0.15, -0.1) is 0 Å². The molecule has 1 aromatic carbocycles. The molecular formula is C23H28N4O. The molecule has 0 saturated carbocycles. The Morgan fingerprint density at radius 3 is 2.86 bits per heavy atom. The van der Waals surface area contributed by atoms with Gasteiger partial charge in [0.2, 0.25) is 5.91 Å². The van der Waals surface area contributed by atoms with Crippen LogP contribution in [0.2, 0.25) is 0 Å². The minimum Gasteiger partial charge on any atom is -0.338 e. The quantitative estimate of drug-likeness (QED) is 0.895. The molecule has 2 aliphatic heterocycles. The fourth-order valence-corrected chi connectivity index (χ4v) is 4.80. The van der Waals surface area contributed by atoms with Gasteiger partial charge in [-0.2, -0.15) is 0 Å². The van der Waals surface area contributed by atoms with Gasteiger partial charge in [0.1, 0.15) is 5.82 Å². The first-order valence-electron chi connectivity index (χ1n) is 10.7. The standard InChI is InChI=1S/C23H28N4O/c28-22(13-16-7-8-17-4-1-2-5-18(17)12-16)27-11-9-20-19(15-27)14-25-23(26-20)21-6-3-10-24-21/h7-8,12,14,21,24H,1-6,9-11,13,15H2. The first-order valence-corrected chi connectivity index (χ1v) is 10.7. The van der Waals surface area contributed by atoms with Gasteiger partial charge < -0.3 is 10.2 Å². The minimum atomic E-state index is 0.211. The number of carbonyl (C=O) groups excluding carboxylic acids is 1. The topological polar surface area (TPSA) is 58.1 Å². The van der Waals surface area contributed by atoms with Crippen molar-refractivity contribution in [3.8, 4) is 0 Å². The third kappa shape index (κ3) is 3.55. The molecular weight excluding hydrogens is 348 g/mol. The summed E-state index contributed by atoms with van der Waals surface area (Å²) >= 11 is 0. The second-order valence-electron chi connectivity index (χ2n) is 8.40. The van der Waals surface area contributed by atoms with Crippen molar-refractivity contribution in [3.05, 3.63) is 58.2 Å². The molecule has 1 saturated heterocycles. The summed E-state index contributed by atoms with van der Waals surface area (Å²) in [5.74, 6) is 1.13. The van der Waals surface area contributed by atoms with E-state index in [9.17, 15) is 4.79 Å². The number of nitrogens with zero attached hydrogens (tertiary/aromatic N) is 3. The Morgan fingerprint density at radius 1 is 1.11 bits per heavy atom. The molecule has 0 bridgehead atoms. The number of aromatic nitrogens is 2. The van der Waals surface area contributed by atoms with Crippen LogP contribution in [0.4, 0.5) is 0 Å². The van der Waals surface area contributed by atoms with Crippen LogP contribution in [-0.4, -0.2) is 33.9 Å². The second kappa shape index (κ2) is 7.63. The summed E-state index contributed by atoms with van der Waals surface area (Å²) in [4.78, 5) is 24.3. The maximum Gasteiger partial charge on any atom is 0.227 e. The highest BCUT2D eigenvalue weighted by molar-refractivity contribution is 5.79. The van der Waals surface area contributed by atoms with Gasteiger partial charge in [0.25, 0.3) is 0 Å². The number of hydrogen-bond donors (Lipinski definition) is 1. The van der Waals surface area contributed by atoms with Gasteiger partial charge in [-0.3, -0.25) is 4.79 Å². The molecule has 5 nitrogen and oxygen atoms in total. The van der Waals surface area contributed by atoms with Gasteiger partial charge in [0.05, 0.1) is 18.2 Å². The first kappa shape index (κ1) is 17.8. The van der Waals surface area contributed by atoms with Crippen molar-refractivity contribution in [1.29, 1.82) is 0 Å². The summed E-state index contributed by atoms with van der Waals surface area (Å²) in [7, 11) is 0. The van der Waals surface area contributed by atoms with E-state index in [0.717, 1.165) is 55.0 Å². The van der Waals surface area contributed by atoms with Gasteiger partial charge in [-0.1, -0.05) is 18.2 Å². The third-order valence-corrected chi connectivity index (χ3v) is 6.45. The summed E-state index contributed by atoms with van der Waals surface area (Å²) in [5, 5.41) is 3.47. The van der Waals surface area contributed by atoms with Gasteiger partial charge in [-0.25, -0.2) is 9.97 Å². The van der Waals surface area contributed by atoms with Gasteiger partial charge in [0, 0.05) is 31.3 Å². The molecule has 5 heteroatoms. The number of nitrogens with one attached hydrogen (secondary N) is 1. The lowest BCUT2D eigenvalue weighted by Crippen LogP contribution is -2.37. The zero-order valence-electron chi connectivity index (χ0n) is 16.4. The van der Waals surface area contributed by atoms with Crippen LogP contribution in [0.3, 0.4) is 0 Å². The zero-order chi connectivity index (χ0) is 18.9. The molecule has 28 heavy (non-hydrogen) atoms. The Bertz CT molecular complexity index is 888. The maximum absolute atomic E-state index is 12.9. The summed E-state index contributed by atoms with van der Waals surface area (Å²) in [6.07, 6.45) is 10.5. The number of rotatable bonds is 3. The van der Waals surface area contributed by atoms with Crippen LogP contribution < -0.4 is 5.32 Å². The monoisotopic (exact) mass is 376 g/mol. The van der Waals surface area contributed by atoms with Crippen molar-refractivity contribution in [3.63, 3.8) is 0 Å². The van der Waals surface area contributed by atoms with Crippen molar-refractivity contribution >= 4 is 5.91 Å². The zero-order valence-corrected chi connectivity index (χ0v) is 16.4.